The minimum Gasteiger partial charge on any atom is -0.483 e. The van der Waals surface area contributed by atoms with E-state index >= 15 is 0 Å². The molecule has 2 aliphatic rings. The summed E-state index contributed by atoms with van der Waals surface area (Å²) in [5.74, 6) is 2.39. The molecule has 1 aromatic carbocycles. The highest BCUT2D eigenvalue weighted by molar-refractivity contribution is 5.91. The van der Waals surface area contributed by atoms with E-state index in [1.165, 1.54) is 25.6 Å². The second-order valence-electron chi connectivity index (χ2n) is 7.93. The summed E-state index contributed by atoms with van der Waals surface area (Å²) < 4.78 is 11.7. The number of nitrogens with one attached hydrogen (secondary N) is 1. The Hall–Kier alpha value is -2.83. The molecule has 0 aliphatic carbocycles. The maximum atomic E-state index is 12.3. The van der Waals surface area contributed by atoms with Gasteiger partial charge in [0.2, 0.25) is 0 Å². The van der Waals surface area contributed by atoms with Crippen LogP contribution in [0.25, 0.3) is 0 Å². The minimum atomic E-state index is -0.266. The second-order valence-corrected chi connectivity index (χ2v) is 7.93. The predicted molar refractivity (Wildman–Crippen MR) is 107 cm³/mol. The molecule has 3 heterocycles. The summed E-state index contributed by atoms with van der Waals surface area (Å²) in [5, 5.41) is 2.79. The van der Waals surface area contributed by atoms with Gasteiger partial charge in [-0.1, -0.05) is 12.1 Å². The number of para-hydroxylation sites is 1. The smallest absolute Gasteiger partial charge is 0.263 e. The summed E-state index contributed by atoms with van der Waals surface area (Å²) in [5.41, 5.74) is 0.848. The van der Waals surface area contributed by atoms with Gasteiger partial charge in [-0.15, -0.1) is 0 Å². The van der Waals surface area contributed by atoms with Crippen molar-refractivity contribution in [2.75, 3.05) is 29.9 Å². The van der Waals surface area contributed by atoms with Gasteiger partial charge in [0.15, 0.2) is 18.1 Å². The van der Waals surface area contributed by atoms with E-state index in [2.05, 4.69) is 20.2 Å². The molecule has 0 spiro atoms. The minimum absolute atomic E-state index is 0.108. The van der Waals surface area contributed by atoms with E-state index in [9.17, 15) is 4.79 Å². The monoisotopic (exact) mass is 382 g/mol. The van der Waals surface area contributed by atoms with Gasteiger partial charge < -0.3 is 19.7 Å². The van der Waals surface area contributed by atoms with E-state index in [0.29, 0.717) is 11.6 Å². The number of nitrogens with zero attached hydrogens (tertiary/aromatic N) is 3. The van der Waals surface area contributed by atoms with Crippen molar-refractivity contribution in [1.29, 1.82) is 0 Å². The Kier molecular flexibility index (Phi) is 5.07. The van der Waals surface area contributed by atoms with Crippen LogP contribution in [0.5, 0.6) is 11.5 Å². The average molecular weight is 382 g/mol. The van der Waals surface area contributed by atoms with Crippen LogP contribution in [0.3, 0.4) is 0 Å². The Balaban J connectivity index is 1.37. The number of carbonyl (C=O) groups excluding carboxylic acids is 1. The Morgan fingerprint density at radius 1 is 1.25 bits per heavy atom. The van der Waals surface area contributed by atoms with E-state index in [1.807, 2.05) is 38.1 Å². The molecule has 0 atom stereocenters. The number of aromatic nitrogens is 2. The fourth-order valence-electron chi connectivity index (χ4n) is 3.73. The summed E-state index contributed by atoms with van der Waals surface area (Å²) in [6, 6.07) is 7.59. The number of rotatable bonds is 5. The fraction of sp³-hybridized carbons (Fsp3) is 0.476. The second kappa shape index (κ2) is 7.66. The van der Waals surface area contributed by atoms with Gasteiger partial charge in [-0.2, -0.15) is 0 Å². The van der Waals surface area contributed by atoms with Gasteiger partial charge in [-0.05, 0) is 39.2 Å². The molecule has 1 N–H and O–H groups in total. The normalized spacial score (nSPS) is 17.6. The van der Waals surface area contributed by atoms with E-state index in [4.69, 9.17) is 9.47 Å². The lowest BCUT2D eigenvalue weighted by atomic mass is 10.0. The first kappa shape index (κ1) is 18.5. The van der Waals surface area contributed by atoms with Crippen LogP contribution in [-0.2, 0) is 11.2 Å². The molecule has 0 unspecified atom stereocenters. The lowest BCUT2D eigenvalue weighted by molar-refractivity contribution is -0.118. The first-order valence-corrected chi connectivity index (χ1v) is 9.81. The average Bonchev–Trinajstić information content (AvgIpc) is 3.01. The molecule has 0 saturated carbocycles. The number of piperidine rings is 1. The van der Waals surface area contributed by atoms with Gasteiger partial charge in [0, 0.05) is 31.1 Å². The summed E-state index contributed by atoms with van der Waals surface area (Å²) in [4.78, 5) is 23.1. The number of hydrogen-bond donors (Lipinski definition) is 1. The number of ether oxygens (including phenoxy) is 2. The third-order valence-electron chi connectivity index (χ3n) is 5.01. The molecular weight excluding hydrogens is 356 g/mol. The Labute approximate surface area is 165 Å². The van der Waals surface area contributed by atoms with E-state index < -0.39 is 0 Å². The van der Waals surface area contributed by atoms with Crippen LogP contribution < -0.4 is 19.7 Å². The molecule has 2 aliphatic heterocycles. The zero-order valence-electron chi connectivity index (χ0n) is 16.4. The lowest BCUT2D eigenvalue weighted by Gasteiger charge is -2.27. The quantitative estimate of drug-likeness (QED) is 0.856. The molecule has 7 nitrogen and oxygen atoms in total. The molecule has 28 heavy (non-hydrogen) atoms. The third kappa shape index (κ3) is 4.18. The summed E-state index contributed by atoms with van der Waals surface area (Å²) in [6.45, 7) is 5.95. The van der Waals surface area contributed by atoms with Crippen molar-refractivity contribution >= 4 is 17.5 Å². The highest BCUT2D eigenvalue weighted by Crippen LogP contribution is 2.41. The van der Waals surface area contributed by atoms with Crippen LogP contribution in [0.2, 0.25) is 0 Å². The van der Waals surface area contributed by atoms with Crippen molar-refractivity contribution < 1.29 is 14.3 Å². The van der Waals surface area contributed by atoms with Crippen molar-refractivity contribution in [2.45, 2.75) is 45.1 Å². The molecular formula is C21H26N4O3. The van der Waals surface area contributed by atoms with Crippen LogP contribution in [-0.4, -0.2) is 41.2 Å². The predicted octanol–water partition coefficient (Wildman–Crippen LogP) is 3.20. The Morgan fingerprint density at radius 3 is 2.89 bits per heavy atom. The first-order chi connectivity index (χ1) is 13.5. The number of hydrogen-bond acceptors (Lipinski definition) is 6. The molecule has 2 aromatic rings. The van der Waals surface area contributed by atoms with Crippen molar-refractivity contribution in [3.05, 3.63) is 36.2 Å². The van der Waals surface area contributed by atoms with Crippen molar-refractivity contribution in [2.24, 2.45) is 0 Å². The Morgan fingerprint density at radius 2 is 2.07 bits per heavy atom. The van der Waals surface area contributed by atoms with Crippen LogP contribution >= 0.6 is 0 Å². The van der Waals surface area contributed by atoms with Gasteiger partial charge in [0.05, 0.1) is 0 Å². The number of benzene rings is 1. The van der Waals surface area contributed by atoms with Crippen molar-refractivity contribution in [3.63, 3.8) is 0 Å². The fourth-order valence-corrected chi connectivity index (χ4v) is 3.73. The van der Waals surface area contributed by atoms with Gasteiger partial charge in [0.1, 0.15) is 23.6 Å². The maximum absolute atomic E-state index is 12.3. The molecule has 4 rings (SSSR count). The standard InChI is InChI=1S/C21H26N4O3/c1-21(2)12-15-7-6-8-16(20(15)28-21)27-13-19(26)24-17-11-18(23-14-22-17)25-9-4-3-5-10-25/h6-8,11,14H,3-5,9-10,12-13H2,1-2H3,(H,22,23,24,26). The zero-order chi connectivity index (χ0) is 19.6. The zero-order valence-corrected chi connectivity index (χ0v) is 16.4. The topological polar surface area (TPSA) is 76.6 Å². The molecule has 148 valence electrons. The van der Waals surface area contributed by atoms with Gasteiger partial charge in [-0.3, -0.25) is 4.79 Å². The van der Waals surface area contributed by atoms with Gasteiger partial charge >= 0.3 is 0 Å². The molecule has 1 fully saturated rings. The highest BCUT2D eigenvalue weighted by atomic mass is 16.5. The summed E-state index contributed by atoms with van der Waals surface area (Å²) in [7, 11) is 0. The maximum Gasteiger partial charge on any atom is 0.263 e. The van der Waals surface area contributed by atoms with Crippen molar-refractivity contribution in [1.82, 2.24) is 9.97 Å². The number of anilines is 2. The molecule has 1 amide bonds. The number of amides is 1. The summed E-state index contributed by atoms with van der Waals surface area (Å²) >= 11 is 0. The molecule has 1 saturated heterocycles. The number of fused-ring (bicyclic) bond motifs is 1. The summed E-state index contributed by atoms with van der Waals surface area (Å²) in [6.07, 6.45) is 5.90. The largest absolute Gasteiger partial charge is 0.483 e. The van der Waals surface area contributed by atoms with Gasteiger partial charge in [-0.25, -0.2) is 9.97 Å². The molecule has 7 heteroatoms. The van der Waals surface area contributed by atoms with E-state index in [-0.39, 0.29) is 18.1 Å². The third-order valence-corrected chi connectivity index (χ3v) is 5.01. The van der Waals surface area contributed by atoms with Crippen molar-refractivity contribution in [3.8, 4) is 11.5 Å². The SMILES string of the molecule is CC1(C)Cc2cccc(OCC(=O)Nc3cc(N4CCCCC4)ncn3)c2O1. The first-order valence-electron chi connectivity index (χ1n) is 9.81. The van der Waals surface area contributed by atoms with Gasteiger partial charge in [0.25, 0.3) is 5.91 Å². The number of carbonyl (C=O) groups is 1. The molecule has 0 bridgehead atoms. The molecule has 0 radical (unpaired) electrons. The van der Waals surface area contributed by atoms with E-state index in [1.54, 1.807) is 0 Å². The molecule has 1 aromatic heterocycles. The highest BCUT2D eigenvalue weighted by Gasteiger charge is 2.32. The van der Waals surface area contributed by atoms with Crippen LogP contribution in [0.1, 0.15) is 38.7 Å². The van der Waals surface area contributed by atoms with Crippen LogP contribution in [0.15, 0.2) is 30.6 Å². The van der Waals surface area contributed by atoms with E-state index in [0.717, 1.165) is 36.6 Å². The van der Waals surface area contributed by atoms with Crippen LogP contribution in [0, 0.1) is 0 Å². The lowest BCUT2D eigenvalue weighted by Crippen LogP contribution is -2.30. The Bertz CT molecular complexity index is 862. The van der Waals surface area contributed by atoms with Crippen LogP contribution in [0.4, 0.5) is 11.6 Å².